The van der Waals surface area contributed by atoms with Crippen molar-refractivity contribution in [2.24, 2.45) is 5.92 Å². The number of rotatable bonds is 6. The van der Waals surface area contributed by atoms with Crippen LogP contribution in [-0.4, -0.2) is 17.6 Å². The first kappa shape index (κ1) is 12.6. The fourth-order valence-electron chi connectivity index (χ4n) is 2.95. The third kappa shape index (κ3) is 4.12. The Bertz CT molecular complexity index is 304. The molecule has 94 valence electrons. The van der Waals surface area contributed by atoms with E-state index < -0.39 is 0 Å². The predicted molar refractivity (Wildman–Crippen MR) is 72.0 cm³/mol. The summed E-state index contributed by atoms with van der Waals surface area (Å²) in [5.74, 6) is 0.947. The minimum absolute atomic E-state index is 0.609. The van der Waals surface area contributed by atoms with Crippen LogP contribution in [0.4, 0.5) is 0 Å². The Hall–Kier alpha value is -0.890. The van der Waals surface area contributed by atoms with Crippen molar-refractivity contribution < 1.29 is 0 Å². The largest absolute Gasteiger partial charge is 0.314 e. The van der Waals surface area contributed by atoms with E-state index in [4.69, 9.17) is 0 Å². The molecular weight excluding hydrogens is 208 g/mol. The Balaban J connectivity index is 1.87. The number of nitrogens with one attached hydrogen (secondary N) is 1. The SMILES string of the molecule is CCNC(Cc1ccccn1)CC1CCCC1. The van der Waals surface area contributed by atoms with E-state index in [-0.39, 0.29) is 0 Å². The zero-order valence-electron chi connectivity index (χ0n) is 10.9. The molecule has 0 bridgehead atoms. The van der Waals surface area contributed by atoms with Crippen LogP contribution in [0, 0.1) is 5.92 Å². The molecule has 1 aromatic rings. The summed E-state index contributed by atoms with van der Waals surface area (Å²) in [5.41, 5.74) is 1.22. The molecule has 0 spiro atoms. The minimum atomic E-state index is 0.609. The van der Waals surface area contributed by atoms with Gasteiger partial charge in [-0.1, -0.05) is 38.7 Å². The van der Waals surface area contributed by atoms with Gasteiger partial charge in [-0.25, -0.2) is 0 Å². The molecule has 2 heteroatoms. The topological polar surface area (TPSA) is 24.9 Å². The number of pyridine rings is 1. The lowest BCUT2D eigenvalue weighted by molar-refractivity contribution is 0.388. The van der Waals surface area contributed by atoms with Crippen molar-refractivity contribution in [2.75, 3.05) is 6.54 Å². The van der Waals surface area contributed by atoms with E-state index in [1.807, 2.05) is 12.3 Å². The molecule has 2 rings (SSSR count). The van der Waals surface area contributed by atoms with Crippen molar-refractivity contribution in [2.45, 2.75) is 51.5 Å². The second-order valence-electron chi connectivity index (χ2n) is 5.17. The number of hydrogen-bond acceptors (Lipinski definition) is 2. The third-order valence-corrected chi connectivity index (χ3v) is 3.77. The van der Waals surface area contributed by atoms with Crippen LogP contribution in [0.1, 0.15) is 44.7 Å². The Morgan fingerprint density at radius 1 is 1.35 bits per heavy atom. The fraction of sp³-hybridized carbons (Fsp3) is 0.667. The molecule has 1 heterocycles. The molecule has 1 saturated carbocycles. The van der Waals surface area contributed by atoms with Crippen molar-refractivity contribution in [3.63, 3.8) is 0 Å². The standard InChI is InChI=1S/C15H24N2/c1-2-16-15(11-13-7-3-4-8-13)12-14-9-5-6-10-17-14/h5-6,9-10,13,15-16H,2-4,7-8,11-12H2,1H3. The molecule has 0 aromatic carbocycles. The molecule has 0 aliphatic heterocycles. The van der Waals surface area contributed by atoms with Crippen LogP contribution >= 0.6 is 0 Å². The van der Waals surface area contributed by atoms with Gasteiger partial charge in [0.2, 0.25) is 0 Å². The molecule has 2 nitrogen and oxygen atoms in total. The van der Waals surface area contributed by atoms with Gasteiger partial charge < -0.3 is 5.32 Å². The molecule has 1 atom stereocenters. The van der Waals surface area contributed by atoms with Crippen molar-refractivity contribution in [3.8, 4) is 0 Å². The van der Waals surface area contributed by atoms with Crippen LogP contribution in [0.5, 0.6) is 0 Å². The van der Waals surface area contributed by atoms with E-state index in [0.29, 0.717) is 6.04 Å². The van der Waals surface area contributed by atoms with Gasteiger partial charge in [-0.05, 0) is 31.0 Å². The molecule has 0 radical (unpaired) electrons. The van der Waals surface area contributed by atoms with Gasteiger partial charge in [0.05, 0.1) is 0 Å². The van der Waals surface area contributed by atoms with Gasteiger partial charge in [0.25, 0.3) is 0 Å². The van der Waals surface area contributed by atoms with Crippen molar-refractivity contribution in [1.29, 1.82) is 0 Å². The maximum Gasteiger partial charge on any atom is 0.0419 e. The normalized spacial score (nSPS) is 18.4. The van der Waals surface area contributed by atoms with Gasteiger partial charge in [-0.15, -0.1) is 0 Å². The summed E-state index contributed by atoms with van der Waals surface area (Å²) in [7, 11) is 0. The maximum absolute atomic E-state index is 4.44. The van der Waals surface area contributed by atoms with Gasteiger partial charge in [-0.3, -0.25) is 4.98 Å². The summed E-state index contributed by atoms with van der Waals surface area (Å²) in [6.45, 7) is 3.25. The molecule has 1 unspecified atom stereocenters. The van der Waals surface area contributed by atoms with Crippen LogP contribution in [0.25, 0.3) is 0 Å². The third-order valence-electron chi connectivity index (χ3n) is 3.77. The Morgan fingerprint density at radius 3 is 2.82 bits per heavy atom. The quantitative estimate of drug-likeness (QED) is 0.815. The van der Waals surface area contributed by atoms with Crippen LogP contribution in [0.3, 0.4) is 0 Å². The van der Waals surface area contributed by atoms with Gasteiger partial charge in [0, 0.05) is 24.4 Å². The van der Waals surface area contributed by atoms with Gasteiger partial charge >= 0.3 is 0 Å². The summed E-state index contributed by atoms with van der Waals surface area (Å²) < 4.78 is 0. The first-order chi connectivity index (χ1) is 8.38. The number of aromatic nitrogens is 1. The first-order valence-electron chi connectivity index (χ1n) is 7.01. The second kappa shape index (κ2) is 6.75. The molecule has 0 amide bonds. The lowest BCUT2D eigenvalue weighted by Crippen LogP contribution is -2.33. The highest BCUT2D eigenvalue weighted by molar-refractivity contribution is 5.05. The lowest BCUT2D eigenvalue weighted by Gasteiger charge is -2.21. The Kier molecular flexibility index (Phi) is 4.99. The van der Waals surface area contributed by atoms with Gasteiger partial charge in [-0.2, -0.15) is 0 Å². The van der Waals surface area contributed by atoms with Crippen LogP contribution in [0.15, 0.2) is 24.4 Å². The molecule has 1 aromatic heterocycles. The highest BCUT2D eigenvalue weighted by atomic mass is 14.9. The summed E-state index contributed by atoms with van der Waals surface area (Å²) in [5, 5.41) is 3.62. The summed E-state index contributed by atoms with van der Waals surface area (Å²) in [6, 6.07) is 6.82. The first-order valence-corrected chi connectivity index (χ1v) is 7.01. The second-order valence-corrected chi connectivity index (χ2v) is 5.17. The molecular formula is C15H24N2. The van der Waals surface area contributed by atoms with Crippen LogP contribution in [0.2, 0.25) is 0 Å². The minimum Gasteiger partial charge on any atom is -0.314 e. The van der Waals surface area contributed by atoms with Gasteiger partial charge in [0.1, 0.15) is 0 Å². The Morgan fingerprint density at radius 2 is 2.18 bits per heavy atom. The van der Waals surface area contributed by atoms with E-state index >= 15 is 0 Å². The average molecular weight is 232 g/mol. The molecule has 0 saturated heterocycles. The van der Waals surface area contributed by atoms with E-state index in [1.54, 1.807) is 0 Å². The van der Waals surface area contributed by atoms with Crippen LogP contribution in [-0.2, 0) is 6.42 Å². The molecule has 1 aliphatic rings. The lowest BCUT2D eigenvalue weighted by atomic mass is 9.95. The molecule has 1 fully saturated rings. The molecule has 1 aliphatic carbocycles. The van der Waals surface area contributed by atoms with Crippen molar-refractivity contribution in [1.82, 2.24) is 10.3 Å². The van der Waals surface area contributed by atoms with E-state index in [2.05, 4.69) is 29.4 Å². The van der Waals surface area contributed by atoms with Gasteiger partial charge in [0.15, 0.2) is 0 Å². The number of hydrogen-bond donors (Lipinski definition) is 1. The van der Waals surface area contributed by atoms with Crippen molar-refractivity contribution in [3.05, 3.63) is 30.1 Å². The predicted octanol–water partition coefficient (Wildman–Crippen LogP) is 3.18. The number of nitrogens with zero attached hydrogens (tertiary/aromatic N) is 1. The number of likely N-dealkylation sites (N-methyl/N-ethyl adjacent to an activating group) is 1. The highest BCUT2D eigenvalue weighted by Crippen LogP contribution is 2.29. The van der Waals surface area contributed by atoms with E-state index in [1.165, 1.54) is 37.8 Å². The van der Waals surface area contributed by atoms with E-state index in [9.17, 15) is 0 Å². The van der Waals surface area contributed by atoms with Crippen molar-refractivity contribution >= 4 is 0 Å². The molecule has 17 heavy (non-hydrogen) atoms. The van der Waals surface area contributed by atoms with E-state index in [0.717, 1.165) is 18.9 Å². The molecule has 1 N–H and O–H groups in total. The summed E-state index contributed by atoms with van der Waals surface area (Å²) in [4.78, 5) is 4.44. The zero-order valence-corrected chi connectivity index (χ0v) is 10.9. The summed E-state index contributed by atoms with van der Waals surface area (Å²) in [6.07, 6.45) is 10.0. The zero-order chi connectivity index (χ0) is 11.9. The monoisotopic (exact) mass is 232 g/mol. The van der Waals surface area contributed by atoms with Crippen LogP contribution < -0.4 is 5.32 Å². The Labute approximate surface area is 105 Å². The highest BCUT2D eigenvalue weighted by Gasteiger charge is 2.20. The summed E-state index contributed by atoms with van der Waals surface area (Å²) >= 11 is 0. The maximum atomic E-state index is 4.44. The fourth-order valence-corrected chi connectivity index (χ4v) is 2.95. The average Bonchev–Trinajstić information content (AvgIpc) is 2.83. The smallest absolute Gasteiger partial charge is 0.0419 e.